The first kappa shape index (κ1) is 24.1. The van der Waals surface area contributed by atoms with Gasteiger partial charge < -0.3 is 14.8 Å². The number of imide groups is 1. The van der Waals surface area contributed by atoms with Crippen LogP contribution < -0.4 is 16.2 Å². The second-order valence-electron chi connectivity index (χ2n) is 7.57. The number of carbonyl (C=O) groups is 3. The number of benzene rings is 1. The fourth-order valence-corrected chi connectivity index (χ4v) is 3.62. The number of nitrogens with zero attached hydrogens (tertiary/aromatic N) is 2. The lowest BCUT2D eigenvalue weighted by atomic mass is 10.1. The van der Waals surface area contributed by atoms with Gasteiger partial charge in [-0.3, -0.25) is 29.1 Å². The zero-order valence-corrected chi connectivity index (χ0v) is 18.4. The number of piperidine rings is 1. The van der Waals surface area contributed by atoms with Gasteiger partial charge in [0.2, 0.25) is 17.7 Å². The van der Waals surface area contributed by atoms with E-state index in [0.29, 0.717) is 30.2 Å². The quantitative estimate of drug-likeness (QED) is 0.312. The number of amides is 3. The number of fused-ring (bicyclic) bond motifs is 1. The summed E-state index contributed by atoms with van der Waals surface area (Å²) >= 11 is 0. The zero-order chi connectivity index (χ0) is 23.8. The van der Waals surface area contributed by atoms with Gasteiger partial charge in [0.15, 0.2) is 0 Å². The van der Waals surface area contributed by atoms with Crippen LogP contribution >= 0.6 is 0 Å². The van der Waals surface area contributed by atoms with E-state index in [2.05, 4.69) is 21.5 Å². The third-order valence-corrected chi connectivity index (χ3v) is 5.15. The lowest BCUT2D eigenvalue weighted by Crippen LogP contribution is -2.45. The molecule has 1 aromatic carbocycles. The molecule has 3 rings (SSSR count). The number of aromatic nitrogens is 2. The first-order valence-corrected chi connectivity index (χ1v) is 10.7. The van der Waals surface area contributed by atoms with Crippen LogP contribution in [0.15, 0.2) is 23.0 Å². The average Bonchev–Trinajstić information content (AvgIpc) is 2.77. The maximum absolute atomic E-state index is 13.2. The minimum atomic E-state index is -0.810. The van der Waals surface area contributed by atoms with Gasteiger partial charge in [0, 0.05) is 19.6 Å². The van der Waals surface area contributed by atoms with E-state index >= 15 is 0 Å². The Labute approximate surface area is 190 Å². The molecule has 0 radical (unpaired) electrons. The molecule has 2 heterocycles. The number of terminal acetylenes is 1. The van der Waals surface area contributed by atoms with Gasteiger partial charge in [0.1, 0.15) is 30.6 Å². The lowest BCUT2D eigenvalue weighted by molar-refractivity contribution is -0.135. The minimum Gasteiger partial charge on any atom is -0.372 e. The van der Waals surface area contributed by atoms with E-state index < -0.39 is 17.5 Å². The van der Waals surface area contributed by atoms with E-state index in [1.54, 1.807) is 25.1 Å². The second-order valence-corrected chi connectivity index (χ2v) is 7.57. The Morgan fingerprint density at radius 1 is 1.27 bits per heavy atom. The SMILES string of the molecule is C#CCOCCCCOCC(=O)Nc1cccc2c(=O)n(C3CCC(=O)NC3=O)c(C)nc12. The number of hydrogen-bond donors (Lipinski definition) is 2. The predicted molar refractivity (Wildman–Crippen MR) is 120 cm³/mol. The predicted octanol–water partition coefficient (Wildman–Crippen LogP) is 1.07. The second kappa shape index (κ2) is 11.4. The molecule has 1 saturated heterocycles. The van der Waals surface area contributed by atoms with Gasteiger partial charge >= 0.3 is 0 Å². The molecule has 2 aromatic rings. The summed E-state index contributed by atoms with van der Waals surface area (Å²) in [6.45, 7) is 2.68. The van der Waals surface area contributed by atoms with Crippen molar-refractivity contribution in [2.24, 2.45) is 0 Å². The summed E-state index contributed by atoms with van der Waals surface area (Å²) in [7, 11) is 0. The number of aryl methyl sites for hydroxylation is 1. The van der Waals surface area contributed by atoms with E-state index in [-0.39, 0.29) is 43.3 Å². The molecule has 1 aliphatic heterocycles. The van der Waals surface area contributed by atoms with Crippen molar-refractivity contribution in [2.45, 2.75) is 38.6 Å². The summed E-state index contributed by atoms with van der Waals surface area (Å²) < 4.78 is 11.8. The standard InChI is InChI=1S/C23H26N4O6/c1-3-11-32-12-4-5-13-33-14-20(29)25-17-8-6-7-16-21(17)24-15(2)27(23(16)31)18-9-10-19(28)26-22(18)30/h1,6-8,18H,4-5,9-14H2,2H3,(H,25,29)(H,26,28,30). The third-order valence-electron chi connectivity index (χ3n) is 5.15. The van der Waals surface area contributed by atoms with Crippen LogP contribution in [0.3, 0.4) is 0 Å². The highest BCUT2D eigenvalue weighted by Gasteiger charge is 2.30. The molecule has 1 fully saturated rings. The Morgan fingerprint density at radius 2 is 2.03 bits per heavy atom. The van der Waals surface area contributed by atoms with Crippen LogP contribution in [-0.4, -0.2) is 53.7 Å². The number of hydrogen-bond acceptors (Lipinski definition) is 7. The zero-order valence-electron chi connectivity index (χ0n) is 18.4. The third kappa shape index (κ3) is 6.03. The Hall–Kier alpha value is -3.55. The molecule has 1 atom stereocenters. The maximum atomic E-state index is 13.2. The van der Waals surface area contributed by atoms with Crippen LogP contribution in [0.4, 0.5) is 5.69 Å². The molecule has 0 spiro atoms. The van der Waals surface area contributed by atoms with Crippen LogP contribution in [0.25, 0.3) is 10.9 Å². The Morgan fingerprint density at radius 3 is 2.76 bits per heavy atom. The van der Waals surface area contributed by atoms with Crippen molar-refractivity contribution in [1.82, 2.24) is 14.9 Å². The highest BCUT2D eigenvalue weighted by Crippen LogP contribution is 2.23. The molecule has 0 bridgehead atoms. The van der Waals surface area contributed by atoms with Crippen LogP contribution in [0, 0.1) is 19.3 Å². The van der Waals surface area contributed by atoms with E-state index in [4.69, 9.17) is 15.9 Å². The van der Waals surface area contributed by atoms with Crippen molar-refractivity contribution in [3.8, 4) is 12.3 Å². The molecule has 10 nitrogen and oxygen atoms in total. The molecule has 1 aromatic heterocycles. The van der Waals surface area contributed by atoms with Crippen molar-refractivity contribution in [1.29, 1.82) is 0 Å². The number of nitrogens with one attached hydrogen (secondary N) is 2. The Kier molecular flexibility index (Phi) is 8.29. The number of carbonyl (C=O) groups excluding carboxylic acids is 3. The highest BCUT2D eigenvalue weighted by atomic mass is 16.5. The van der Waals surface area contributed by atoms with Crippen LogP contribution in [0.5, 0.6) is 0 Å². The van der Waals surface area contributed by atoms with Gasteiger partial charge in [0.05, 0.1) is 11.1 Å². The molecule has 0 aliphatic carbocycles. The number of para-hydroxylation sites is 1. The van der Waals surface area contributed by atoms with E-state index in [9.17, 15) is 19.2 Å². The fourth-order valence-electron chi connectivity index (χ4n) is 3.62. The van der Waals surface area contributed by atoms with Crippen molar-refractivity contribution >= 4 is 34.3 Å². The lowest BCUT2D eigenvalue weighted by Gasteiger charge is -2.24. The first-order valence-electron chi connectivity index (χ1n) is 10.7. The molecular weight excluding hydrogens is 428 g/mol. The number of rotatable bonds is 10. The summed E-state index contributed by atoms with van der Waals surface area (Å²) in [5.74, 6) is 1.44. The molecule has 1 aliphatic rings. The number of anilines is 1. The summed E-state index contributed by atoms with van der Waals surface area (Å²) in [6, 6.07) is 4.05. The molecule has 1 unspecified atom stereocenters. The number of unbranched alkanes of at least 4 members (excludes halogenated alkanes) is 1. The smallest absolute Gasteiger partial charge is 0.262 e. The minimum absolute atomic E-state index is 0.145. The van der Waals surface area contributed by atoms with Crippen molar-refractivity contribution in [3.63, 3.8) is 0 Å². The molecule has 0 saturated carbocycles. The van der Waals surface area contributed by atoms with Gasteiger partial charge in [-0.05, 0) is 38.3 Å². The molecule has 174 valence electrons. The normalized spacial score (nSPS) is 15.8. The van der Waals surface area contributed by atoms with Gasteiger partial charge in [-0.15, -0.1) is 6.42 Å². The van der Waals surface area contributed by atoms with Crippen molar-refractivity contribution < 1.29 is 23.9 Å². The average molecular weight is 454 g/mol. The summed E-state index contributed by atoms with van der Waals surface area (Å²) in [5, 5.41) is 5.24. The number of ether oxygens (including phenoxy) is 2. The largest absolute Gasteiger partial charge is 0.372 e. The molecule has 3 amide bonds. The van der Waals surface area contributed by atoms with Gasteiger partial charge in [0.25, 0.3) is 5.56 Å². The molecule has 33 heavy (non-hydrogen) atoms. The molecule has 10 heteroatoms. The van der Waals surface area contributed by atoms with Crippen molar-refractivity contribution in [3.05, 3.63) is 34.4 Å². The highest BCUT2D eigenvalue weighted by molar-refractivity contribution is 6.01. The van der Waals surface area contributed by atoms with E-state index in [0.717, 1.165) is 12.8 Å². The van der Waals surface area contributed by atoms with Gasteiger partial charge in [-0.1, -0.05) is 12.0 Å². The monoisotopic (exact) mass is 454 g/mol. The summed E-state index contributed by atoms with van der Waals surface area (Å²) in [4.78, 5) is 53.7. The van der Waals surface area contributed by atoms with Crippen LogP contribution in [0.1, 0.15) is 37.5 Å². The van der Waals surface area contributed by atoms with E-state index in [1.165, 1.54) is 4.57 Å². The maximum Gasteiger partial charge on any atom is 0.262 e. The van der Waals surface area contributed by atoms with E-state index in [1.807, 2.05) is 0 Å². The molecular formula is C23H26N4O6. The van der Waals surface area contributed by atoms with Crippen molar-refractivity contribution in [2.75, 3.05) is 31.7 Å². The Balaban J connectivity index is 1.67. The summed E-state index contributed by atoms with van der Waals surface area (Å²) in [6.07, 6.45) is 6.97. The topological polar surface area (TPSA) is 129 Å². The Bertz CT molecular complexity index is 1150. The van der Waals surface area contributed by atoms with Crippen LogP contribution in [0.2, 0.25) is 0 Å². The first-order chi connectivity index (χ1) is 15.9. The molecule has 2 N–H and O–H groups in total. The van der Waals surface area contributed by atoms with Gasteiger partial charge in [-0.25, -0.2) is 4.98 Å². The fraction of sp³-hybridized carbons (Fsp3) is 0.435. The summed E-state index contributed by atoms with van der Waals surface area (Å²) in [5.41, 5.74) is 0.286. The van der Waals surface area contributed by atoms with Crippen LogP contribution in [-0.2, 0) is 23.9 Å². The van der Waals surface area contributed by atoms with Gasteiger partial charge in [-0.2, -0.15) is 0 Å².